The summed E-state index contributed by atoms with van der Waals surface area (Å²) in [7, 11) is 0. The van der Waals surface area contributed by atoms with Crippen LogP contribution in [0.3, 0.4) is 0 Å². The van der Waals surface area contributed by atoms with Crippen LogP contribution < -0.4 is 5.32 Å². The zero-order chi connectivity index (χ0) is 19.6. The van der Waals surface area contributed by atoms with Gasteiger partial charge in [-0.2, -0.15) is 4.68 Å². The summed E-state index contributed by atoms with van der Waals surface area (Å²) in [6, 6.07) is 7.50. The van der Waals surface area contributed by atoms with E-state index in [1.165, 1.54) is 11.8 Å². The first-order chi connectivity index (χ1) is 12.9. The number of carbonyl (C=O) groups excluding carboxylic acids is 1. The molecule has 27 heavy (non-hydrogen) atoms. The number of pyridine rings is 1. The molecule has 0 saturated carbocycles. The van der Waals surface area contributed by atoms with Gasteiger partial charge in [0.25, 0.3) is 0 Å². The first-order valence-corrected chi connectivity index (χ1v) is 9.71. The summed E-state index contributed by atoms with van der Waals surface area (Å²) in [6.45, 7) is 5.71. The maximum atomic E-state index is 12.3. The second-order valence-corrected chi connectivity index (χ2v) is 7.59. The Kier molecular flexibility index (Phi) is 5.98. The van der Waals surface area contributed by atoms with Crippen LogP contribution in [0.2, 0.25) is 10.0 Å². The molecule has 0 unspecified atom stereocenters. The largest absolute Gasteiger partial charge is 0.309 e. The molecule has 0 saturated heterocycles. The summed E-state index contributed by atoms with van der Waals surface area (Å²) in [5.74, 6) is 0.107. The van der Waals surface area contributed by atoms with Crippen LogP contribution in [0.1, 0.15) is 16.8 Å². The lowest BCUT2D eigenvalue weighted by molar-refractivity contribution is -0.113. The molecule has 0 spiro atoms. The van der Waals surface area contributed by atoms with Gasteiger partial charge in [-0.1, -0.05) is 53.2 Å². The minimum absolute atomic E-state index is 0.102. The maximum Gasteiger partial charge on any atom is 0.236 e. The van der Waals surface area contributed by atoms with E-state index in [4.69, 9.17) is 23.2 Å². The number of aromatic nitrogens is 5. The molecule has 0 fully saturated rings. The van der Waals surface area contributed by atoms with Crippen molar-refractivity contribution in [2.24, 2.45) is 0 Å². The number of hydrogen-bond acceptors (Lipinski definition) is 6. The lowest BCUT2D eigenvalue weighted by Gasteiger charge is -2.11. The zero-order valence-electron chi connectivity index (χ0n) is 14.8. The molecular formula is C17H16Cl2N6OS. The van der Waals surface area contributed by atoms with Crippen molar-refractivity contribution in [1.82, 2.24) is 25.2 Å². The smallest absolute Gasteiger partial charge is 0.236 e. The van der Waals surface area contributed by atoms with Crippen LogP contribution in [0, 0.1) is 20.8 Å². The Morgan fingerprint density at radius 1 is 1.19 bits per heavy atom. The molecule has 0 bridgehead atoms. The van der Waals surface area contributed by atoms with Gasteiger partial charge in [-0.25, -0.2) is 4.98 Å². The van der Waals surface area contributed by atoms with Gasteiger partial charge in [-0.3, -0.25) is 4.79 Å². The first kappa shape index (κ1) is 19.6. The molecule has 0 radical (unpaired) electrons. The van der Waals surface area contributed by atoms with Gasteiger partial charge in [0.05, 0.1) is 27.2 Å². The third kappa shape index (κ3) is 4.40. The number of tetrazole rings is 1. The maximum absolute atomic E-state index is 12.3. The quantitative estimate of drug-likeness (QED) is 0.624. The van der Waals surface area contributed by atoms with E-state index in [-0.39, 0.29) is 22.5 Å². The molecule has 1 amide bonds. The Hall–Kier alpha value is -2.16. The molecular weight excluding hydrogens is 407 g/mol. The molecule has 10 heteroatoms. The highest BCUT2D eigenvalue weighted by atomic mass is 35.5. The first-order valence-electron chi connectivity index (χ1n) is 7.97. The highest BCUT2D eigenvalue weighted by molar-refractivity contribution is 7.99. The minimum atomic E-state index is -0.271. The third-order valence-corrected chi connectivity index (χ3v) is 5.38. The molecule has 1 N–H and O–H groups in total. The van der Waals surface area contributed by atoms with E-state index in [9.17, 15) is 4.79 Å². The van der Waals surface area contributed by atoms with Gasteiger partial charge in [-0.15, -0.1) is 5.10 Å². The van der Waals surface area contributed by atoms with E-state index in [1.54, 1.807) is 17.7 Å². The molecule has 2 heterocycles. The lowest BCUT2D eigenvalue weighted by atomic mass is 10.1. The van der Waals surface area contributed by atoms with Crippen LogP contribution in [-0.4, -0.2) is 36.9 Å². The highest BCUT2D eigenvalue weighted by Crippen LogP contribution is 2.27. The van der Waals surface area contributed by atoms with Gasteiger partial charge in [0, 0.05) is 0 Å². The van der Waals surface area contributed by atoms with Crippen LogP contribution in [-0.2, 0) is 4.79 Å². The fourth-order valence-corrected chi connectivity index (χ4v) is 3.58. The molecule has 140 valence electrons. The third-order valence-electron chi connectivity index (χ3n) is 3.79. The van der Waals surface area contributed by atoms with Crippen molar-refractivity contribution in [1.29, 1.82) is 0 Å². The van der Waals surface area contributed by atoms with Crippen molar-refractivity contribution in [3.8, 4) is 5.69 Å². The van der Waals surface area contributed by atoms with Crippen molar-refractivity contribution in [3.05, 3.63) is 51.1 Å². The van der Waals surface area contributed by atoms with Crippen LogP contribution in [0.15, 0.2) is 29.4 Å². The van der Waals surface area contributed by atoms with Crippen molar-refractivity contribution in [2.75, 3.05) is 11.1 Å². The van der Waals surface area contributed by atoms with E-state index in [1.807, 2.05) is 32.0 Å². The number of carbonyl (C=O) groups is 1. The molecule has 0 aliphatic heterocycles. The van der Waals surface area contributed by atoms with Gasteiger partial charge in [0.1, 0.15) is 0 Å². The van der Waals surface area contributed by atoms with Gasteiger partial charge < -0.3 is 5.32 Å². The molecule has 0 aliphatic carbocycles. The Balaban J connectivity index is 1.73. The number of nitrogens with zero attached hydrogens (tertiary/aromatic N) is 5. The van der Waals surface area contributed by atoms with Crippen molar-refractivity contribution in [3.63, 3.8) is 0 Å². The topological polar surface area (TPSA) is 85.6 Å². The molecule has 7 nitrogen and oxygen atoms in total. The molecule has 3 aromatic rings. The SMILES string of the molecule is Cc1cccc(C)c1-n1nnnc1SCC(=O)Nc1nc(C)c(Cl)cc1Cl. The summed E-state index contributed by atoms with van der Waals surface area (Å²) in [5.41, 5.74) is 3.58. The number of halogens is 2. The number of anilines is 1. The molecule has 2 aromatic heterocycles. The fourth-order valence-electron chi connectivity index (χ4n) is 2.49. The number of hydrogen-bond donors (Lipinski definition) is 1. The molecule has 3 rings (SSSR count). The predicted octanol–water partition coefficient (Wildman–Crippen LogP) is 4.02. The normalized spacial score (nSPS) is 10.9. The van der Waals surface area contributed by atoms with Crippen molar-refractivity contribution < 1.29 is 4.79 Å². The van der Waals surface area contributed by atoms with E-state index in [0.29, 0.717) is 15.9 Å². The van der Waals surface area contributed by atoms with Gasteiger partial charge in [-0.05, 0) is 48.4 Å². The highest BCUT2D eigenvalue weighted by Gasteiger charge is 2.16. The Morgan fingerprint density at radius 3 is 2.59 bits per heavy atom. The number of benzene rings is 1. The van der Waals surface area contributed by atoms with Crippen molar-refractivity contribution >= 4 is 46.7 Å². The lowest BCUT2D eigenvalue weighted by Crippen LogP contribution is -2.16. The van der Waals surface area contributed by atoms with Gasteiger partial charge >= 0.3 is 0 Å². The van der Waals surface area contributed by atoms with Crippen LogP contribution in [0.4, 0.5) is 5.82 Å². The number of amides is 1. The summed E-state index contributed by atoms with van der Waals surface area (Å²) < 4.78 is 1.64. The Labute approximate surface area is 170 Å². The molecule has 1 aromatic carbocycles. The number of thioether (sulfide) groups is 1. The second kappa shape index (κ2) is 8.24. The van der Waals surface area contributed by atoms with E-state index in [0.717, 1.165) is 16.8 Å². The van der Waals surface area contributed by atoms with Crippen LogP contribution >= 0.6 is 35.0 Å². The summed E-state index contributed by atoms with van der Waals surface area (Å²) in [4.78, 5) is 16.5. The summed E-state index contributed by atoms with van der Waals surface area (Å²) >= 11 is 13.3. The summed E-state index contributed by atoms with van der Waals surface area (Å²) in [5, 5.41) is 15.8. The second-order valence-electron chi connectivity index (χ2n) is 5.84. The molecule has 0 atom stereocenters. The van der Waals surface area contributed by atoms with Gasteiger partial charge in [0.15, 0.2) is 5.82 Å². The van der Waals surface area contributed by atoms with E-state index in [2.05, 4.69) is 25.8 Å². The minimum Gasteiger partial charge on any atom is -0.309 e. The zero-order valence-corrected chi connectivity index (χ0v) is 17.2. The Morgan fingerprint density at radius 2 is 1.89 bits per heavy atom. The van der Waals surface area contributed by atoms with Crippen LogP contribution in [0.25, 0.3) is 5.69 Å². The Bertz CT molecular complexity index is 987. The van der Waals surface area contributed by atoms with Crippen molar-refractivity contribution in [2.45, 2.75) is 25.9 Å². The molecule has 0 aliphatic rings. The van der Waals surface area contributed by atoms with E-state index >= 15 is 0 Å². The van der Waals surface area contributed by atoms with Crippen LogP contribution in [0.5, 0.6) is 0 Å². The van der Waals surface area contributed by atoms with Gasteiger partial charge in [0.2, 0.25) is 11.1 Å². The number of para-hydroxylation sites is 1. The number of rotatable bonds is 5. The summed E-state index contributed by atoms with van der Waals surface area (Å²) in [6.07, 6.45) is 0. The van der Waals surface area contributed by atoms with E-state index < -0.39 is 0 Å². The standard InChI is InChI=1S/C17H16Cl2N6OS/c1-9-5-4-6-10(2)15(9)25-17(22-23-24-25)27-8-14(26)21-16-13(19)7-12(18)11(3)20-16/h4-7H,8H2,1-3H3,(H,20,21,26). The number of nitrogens with one attached hydrogen (secondary N) is 1. The monoisotopic (exact) mass is 422 g/mol. The fraction of sp³-hybridized carbons (Fsp3) is 0.235. The predicted molar refractivity (Wildman–Crippen MR) is 107 cm³/mol. The average Bonchev–Trinajstić information content (AvgIpc) is 3.06. The average molecular weight is 423 g/mol. The number of aryl methyl sites for hydroxylation is 3.